The first-order valence-electron chi connectivity index (χ1n) is 4.06. The third-order valence-electron chi connectivity index (χ3n) is 1.01. The first-order valence-corrected chi connectivity index (χ1v) is 4.06. The summed E-state index contributed by atoms with van der Waals surface area (Å²) < 4.78 is 0. The lowest BCUT2D eigenvalue weighted by atomic mass is 10.5. The number of amides is 1. The molecule has 0 heterocycles. The fourth-order valence-corrected chi connectivity index (χ4v) is 0.535. The molecule has 0 saturated heterocycles. The van der Waals surface area contributed by atoms with Crippen LogP contribution < -0.4 is 5.32 Å². The van der Waals surface area contributed by atoms with Crippen LogP contribution in [-0.4, -0.2) is 24.8 Å². The minimum atomic E-state index is -0.123. The van der Waals surface area contributed by atoms with E-state index in [-0.39, 0.29) is 12.5 Å². The summed E-state index contributed by atoms with van der Waals surface area (Å²) >= 11 is 0. The number of hydrogen-bond acceptors (Lipinski definition) is 3. The normalized spacial score (nSPS) is 8.92. The van der Waals surface area contributed by atoms with E-state index in [1.54, 1.807) is 0 Å². The van der Waals surface area contributed by atoms with E-state index >= 15 is 0 Å². The van der Waals surface area contributed by atoms with Crippen molar-refractivity contribution in [3.8, 4) is 0 Å². The Kier molecular flexibility index (Phi) is 6.05. The lowest BCUT2D eigenvalue weighted by Crippen LogP contribution is -2.27. The maximum absolute atomic E-state index is 10.9. The van der Waals surface area contributed by atoms with E-state index in [9.17, 15) is 4.79 Å². The van der Waals surface area contributed by atoms with Crippen LogP contribution in [0.4, 0.5) is 0 Å². The Labute approximate surface area is 73.0 Å². The van der Waals surface area contributed by atoms with Gasteiger partial charge in [-0.15, -0.1) is 0 Å². The summed E-state index contributed by atoms with van der Waals surface area (Å²) in [6.45, 7) is 6.31. The summed E-state index contributed by atoms with van der Waals surface area (Å²) in [7, 11) is 0. The molecule has 0 aliphatic rings. The van der Waals surface area contributed by atoms with Gasteiger partial charge in [-0.05, 0) is 20.3 Å². The molecule has 0 aliphatic carbocycles. The molecule has 0 aromatic rings. The third kappa shape index (κ3) is 7.05. The molecule has 0 aliphatic heterocycles. The van der Waals surface area contributed by atoms with Crippen LogP contribution in [0.1, 0.15) is 27.2 Å². The second kappa shape index (κ2) is 6.64. The van der Waals surface area contributed by atoms with Gasteiger partial charge in [-0.1, -0.05) is 12.1 Å². The van der Waals surface area contributed by atoms with E-state index in [4.69, 9.17) is 4.84 Å². The van der Waals surface area contributed by atoms with Gasteiger partial charge in [0.15, 0.2) is 6.61 Å². The van der Waals surface area contributed by atoms with E-state index in [1.165, 1.54) is 0 Å². The van der Waals surface area contributed by atoms with Crippen LogP contribution in [0.3, 0.4) is 0 Å². The molecular weight excluding hydrogens is 156 g/mol. The number of nitrogens with zero attached hydrogens (tertiary/aromatic N) is 1. The molecule has 0 unspecified atom stereocenters. The van der Waals surface area contributed by atoms with E-state index in [0.717, 1.165) is 12.1 Å². The first-order chi connectivity index (χ1) is 5.66. The van der Waals surface area contributed by atoms with Gasteiger partial charge in [0.2, 0.25) is 0 Å². The minimum Gasteiger partial charge on any atom is -0.386 e. The molecule has 0 aromatic heterocycles. The Balaban J connectivity index is 3.38. The number of rotatable bonds is 5. The van der Waals surface area contributed by atoms with Crippen molar-refractivity contribution in [3.63, 3.8) is 0 Å². The molecule has 0 bridgehead atoms. The second-order valence-electron chi connectivity index (χ2n) is 2.66. The molecule has 0 spiro atoms. The molecular formula is C8H16N2O2. The van der Waals surface area contributed by atoms with Crippen molar-refractivity contribution in [2.45, 2.75) is 27.2 Å². The third-order valence-corrected chi connectivity index (χ3v) is 1.01. The highest BCUT2D eigenvalue weighted by atomic mass is 16.6. The molecule has 0 saturated carbocycles. The van der Waals surface area contributed by atoms with Gasteiger partial charge in [-0.2, -0.15) is 0 Å². The largest absolute Gasteiger partial charge is 0.386 e. The number of oxime groups is 1. The SMILES string of the molecule is CCCNC(=O)CON=C(C)C. The minimum absolute atomic E-state index is 0.00514. The Morgan fingerprint density at radius 2 is 2.17 bits per heavy atom. The maximum Gasteiger partial charge on any atom is 0.260 e. The van der Waals surface area contributed by atoms with Crippen molar-refractivity contribution in [1.82, 2.24) is 5.32 Å². The van der Waals surface area contributed by atoms with Crippen molar-refractivity contribution in [3.05, 3.63) is 0 Å². The van der Waals surface area contributed by atoms with E-state index in [2.05, 4.69) is 10.5 Å². The standard InChI is InChI=1S/C8H16N2O2/c1-4-5-9-8(11)6-12-10-7(2)3/h4-6H2,1-3H3,(H,9,11). The van der Waals surface area contributed by atoms with Gasteiger partial charge in [-0.25, -0.2) is 0 Å². The highest BCUT2D eigenvalue weighted by molar-refractivity contribution is 5.79. The zero-order valence-corrected chi connectivity index (χ0v) is 7.89. The predicted molar refractivity (Wildman–Crippen MR) is 48.0 cm³/mol. The Bertz CT molecular complexity index is 162. The van der Waals surface area contributed by atoms with Gasteiger partial charge >= 0.3 is 0 Å². The molecule has 4 nitrogen and oxygen atoms in total. The molecule has 0 atom stereocenters. The highest BCUT2D eigenvalue weighted by Gasteiger charge is 1.98. The first kappa shape index (κ1) is 10.9. The number of nitrogens with one attached hydrogen (secondary N) is 1. The van der Waals surface area contributed by atoms with Gasteiger partial charge in [0.1, 0.15) is 0 Å². The molecule has 1 N–H and O–H groups in total. The summed E-state index contributed by atoms with van der Waals surface area (Å²) in [5.74, 6) is -0.123. The lowest BCUT2D eigenvalue weighted by molar-refractivity contribution is -0.125. The van der Waals surface area contributed by atoms with Gasteiger partial charge in [-0.3, -0.25) is 4.79 Å². The van der Waals surface area contributed by atoms with Crippen LogP contribution in [0.5, 0.6) is 0 Å². The van der Waals surface area contributed by atoms with Gasteiger partial charge in [0.05, 0.1) is 5.71 Å². The fourth-order valence-electron chi connectivity index (χ4n) is 0.535. The van der Waals surface area contributed by atoms with Gasteiger partial charge < -0.3 is 10.2 Å². The van der Waals surface area contributed by atoms with Crippen LogP contribution in [0.25, 0.3) is 0 Å². The van der Waals surface area contributed by atoms with Crippen molar-refractivity contribution in [1.29, 1.82) is 0 Å². The quantitative estimate of drug-likeness (QED) is 0.495. The number of carbonyl (C=O) groups excluding carboxylic acids is 1. The van der Waals surface area contributed by atoms with Crippen molar-refractivity contribution < 1.29 is 9.63 Å². The smallest absolute Gasteiger partial charge is 0.260 e. The van der Waals surface area contributed by atoms with E-state index < -0.39 is 0 Å². The summed E-state index contributed by atoms with van der Waals surface area (Å²) in [6.07, 6.45) is 0.932. The van der Waals surface area contributed by atoms with E-state index in [1.807, 2.05) is 20.8 Å². The highest BCUT2D eigenvalue weighted by Crippen LogP contribution is 1.80. The molecule has 12 heavy (non-hydrogen) atoms. The zero-order valence-electron chi connectivity index (χ0n) is 7.89. The maximum atomic E-state index is 10.9. The van der Waals surface area contributed by atoms with Crippen LogP contribution in [-0.2, 0) is 9.63 Å². The molecule has 0 fully saturated rings. The summed E-state index contributed by atoms with van der Waals surface area (Å²) in [5, 5.41) is 6.30. The Morgan fingerprint density at radius 1 is 1.50 bits per heavy atom. The zero-order chi connectivity index (χ0) is 9.40. The second-order valence-corrected chi connectivity index (χ2v) is 2.66. The Hall–Kier alpha value is -1.06. The molecule has 0 radical (unpaired) electrons. The summed E-state index contributed by atoms with van der Waals surface area (Å²) in [4.78, 5) is 15.6. The summed E-state index contributed by atoms with van der Waals surface area (Å²) in [6, 6.07) is 0. The molecule has 70 valence electrons. The van der Waals surface area contributed by atoms with E-state index in [0.29, 0.717) is 6.54 Å². The van der Waals surface area contributed by atoms with Crippen LogP contribution >= 0.6 is 0 Å². The molecule has 4 heteroatoms. The molecule has 1 amide bonds. The number of hydrogen-bond donors (Lipinski definition) is 1. The fraction of sp³-hybridized carbons (Fsp3) is 0.750. The average Bonchev–Trinajstić information content (AvgIpc) is 2.00. The predicted octanol–water partition coefficient (Wildman–Crippen LogP) is 0.925. The van der Waals surface area contributed by atoms with Gasteiger partial charge in [0, 0.05) is 6.54 Å². The molecule has 0 rings (SSSR count). The van der Waals surface area contributed by atoms with Crippen molar-refractivity contribution >= 4 is 11.6 Å². The summed E-state index contributed by atoms with van der Waals surface area (Å²) in [5.41, 5.74) is 0.804. The average molecular weight is 172 g/mol. The van der Waals surface area contributed by atoms with Crippen molar-refractivity contribution in [2.75, 3.05) is 13.2 Å². The lowest BCUT2D eigenvalue weighted by Gasteiger charge is -2.01. The molecule has 0 aromatic carbocycles. The van der Waals surface area contributed by atoms with Crippen LogP contribution in [0.2, 0.25) is 0 Å². The Morgan fingerprint density at radius 3 is 2.67 bits per heavy atom. The van der Waals surface area contributed by atoms with Crippen molar-refractivity contribution in [2.24, 2.45) is 5.16 Å². The number of carbonyl (C=O) groups is 1. The van der Waals surface area contributed by atoms with Crippen LogP contribution in [0, 0.1) is 0 Å². The monoisotopic (exact) mass is 172 g/mol. The topological polar surface area (TPSA) is 50.7 Å². The van der Waals surface area contributed by atoms with Gasteiger partial charge in [0.25, 0.3) is 5.91 Å². The van der Waals surface area contributed by atoms with Crippen LogP contribution in [0.15, 0.2) is 5.16 Å².